The highest BCUT2D eigenvalue weighted by Gasteiger charge is 2.39. The molecule has 4 atom stereocenters. The number of fused-ring (bicyclic) bond motifs is 2. The van der Waals surface area contributed by atoms with E-state index in [-0.39, 0.29) is 42.9 Å². The van der Waals surface area contributed by atoms with E-state index in [2.05, 4.69) is 36.2 Å². The van der Waals surface area contributed by atoms with Gasteiger partial charge in [-0.2, -0.15) is 0 Å². The van der Waals surface area contributed by atoms with Crippen molar-refractivity contribution in [3.63, 3.8) is 0 Å². The van der Waals surface area contributed by atoms with Crippen molar-refractivity contribution in [3.8, 4) is 0 Å². The summed E-state index contributed by atoms with van der Waals surface area (Å²) in [6.45, 7) is 7.08. The molecule has 1 aromatic carbocycles. The third kappa shape index (κ3) is 6.10. The van der Waals surface area contributed by atoms with Gasteiger partial charge in [-0.1, -0.05) is 18.6 Å². The van der Waals surface area contributed by atoms with Crippen molar-refractivity contribution < 1.29 is 9.53 Å². The number of rotatable bonds is 4. The van der Waals surface area contributed by atoms with Crippen LogP contribution in [0, 0.1) is 11.8 Å². The van der Waals surface area contributed by atoms with Crippen LogP contribution < -0.4 is 11.1 Å². The van der Waals surface area contributed by atoms with Crippen molar-refractivity contribution in [2.24, 2.45) is 17.6 Å². The average molecular weight is 458 g/mol. The minimum atomic E-state index is 0. The third-order valence-corrected chi connectivity index (χ3v) is 6.79. The van der Waals surface area contributed by atoms with Gasteiger partial charge in [0.15, 0.2) is 0 Å². The number of nitrogens with zero attached hydrogens (tertiary/aromatic N) is 1. The van der Waals surface area contributed by atoms with Crippen molar-refractivity contribution >= 4 is 30.7 Å². The van der Waals surface area contributed by atoms with Crippen molar-refractivity contribution in [2.75, 3.05) is 13.1 Å². The highest BCUT2D eigenvalue weighted by molar-refractivity contribution is 5.94. The van der Waals surface area contributed by atoms with Crippen molar-refractivity contribution in [2.45, 2.75) is 76.8 Å². The zero-order valence-electron chi connectivity index (χ0n) is 18.1. The van der Waals surface area contributed by atoms with E-state index in [4.69, 9.17) is 10.5 Å². The van der Waals surface area contributed by atoms with Crippen LogP contribution in [-0.4, -0.2) is 48.2 Å². The second kappa shape index (κ2) is 11.1. The van der Waals surface area contributed by atoms with Crippen LogP contribution in [0.4, 0.5) is 0 Å². The van der Waals surface area contributed by atoms with Crippen molar-refractivity contribution in [1.82, 2.24) is 10.2 Å². The molecule has 7 heteroatoms. The van der Waals surface area contributed by atoms with Gasteiger partial charge in [-0.15, -0.1) is 24.8 Å². The van der Waals surface area contributed by atoms with E-state index in [0.29, 0.717) is 23.9 Å². The summed E-state index contributed by atoms with van der Waals surface area (Å²) >= 11 is 0. The molecule has 2 bridgehead atoms. The summed E-state index contributed by atoms with van der Waals surface area (Å²) in [5.41, 5.74) is 8.23. The van der Waals surface area contributed by atoms with Gasteiger partial charge in [0.1, 0.15) is 0 Å². The predicted molar refractivity (Wildman–Crippen MR) is 126 cm³/mol. The highest BCUT2D eigenvalue weighted by Crippen LogP contribution is 2.39. The number of carbonyl (C=O) groups excluding carboxylic acids is 1. The first-order valence-electron chi connectivity index (χ1n) is 11.0. The number of halogens is 2. The molecule has 1 amide bonds. The summed E-state index contributed by atoms with van der Waals surface area (Å²) in [6, 6.07) is 8.75. The minimum Gasteiger partial charge on any atom is -0.373 e. The Labute approximate surface area is 193 Å². The second-order valence-electron chi connectivity index (χ2n) is 9.33. The molecule has 1 aromatic rings. The van der Waals surface area contributed by atoms with Crippen LogP contribution in [0.5, 0.6) is 0 Å². The zero-order valence-corrected chi connectivity index (χ0v) is 19.7. The largest absolute Gasteiger partial charge is 0.373 e. The molecule has 1 heterocycles. The van der Waals surface area contributed by atoms with Crippen LogP contribution in [0.15, 0.2) is 24.3 Å². The van der Waals surface area contributed by atoms with Gasteiger partial charge >= 0.3 is 0 Å². The van der Waals surface area contributed by atoms with Crippen molar-refractivity contribution in [3.05, 3.63) is 35.4 Å². The molecule has 0 spiro atoms. The lowest BCUT2D eigenvalue weighted by molar-refractivity contribution is -0.0704. The molecule has 2 aliphatic carbocycles. The Balaban J connectivity index is 0.00000160. The van der Waals surface area contributed by atoms with E-state index in [1.54, 1.807) is 0 Å². The number of nitrogens with one attached hydrogen (secondary N) is 1. The highest BCUT2D eigenvalue weighted by atomic mass is 35.5. The topological polar surface area (TPSA) is 67.6 Å². The number of hydrogen-bond acceptors (Lipinski definition) is 4. The van der Waals surface area contributed by atoms with Crippen LogP contribution in [0.25, 0.3) is 0 Å². The number of morpholine rings is 1. The molecule has 30 heavy (non-hydrogen) atoms. The van der Waals surface area contributed by atoms with E-state index in [9.17, 15) is 4.79 Å². The maximum absolute atomic E-state index is 12.8. The van der Waals surface area contributed by atoms with Gasteiger partial charge in [0.05, 0.1) is 12.2 Å². The molecule has 170 valence electrons. The quantitative estimate of drug-likeness (QED) is 0.721. The number of hydrogen-bond donors (Lipinski definition) is 2. The van der Waals surface area contributed by atoms with E-state index >= 15 is 0 Å². The van der Waals surface area contributed by atoms with Gasteiger partial charge in [-0.25, -0.2) is 0 Å². The van der Waals surface area contributed by atoms with E-state index in [1.165, 1.54) is 24.8 Å². The minimum absolute atomic E-state index is 0. The summed E-state index contributed by atoms with van der Waals surface area (Å²) in [5, 5.41) is 3.35. The molecule has 5 nitrogen and oxygen atoms in total. The fraction of sp³-hybridized carbons (Fsp3) is 0.696. The average Bonchev–Trinajstić information content (AvgIpc) is 2.62. The summed E-state index contributed by atoms with van der Waals surface area (Å²) < 4.78 is 5.81. The Morgan fingerprint density at radius 1 is 1.07 bits per heavy atom. The molecule has 4 unspecified atom stereocenters. The number of carbonyl (C=O) groups is 1. The van der Waals surface area contributed by atoms with Gasteiger partial charge in [-0.05, 0) is 69.1 Å². The Bertz CT molecular complexity index is 664. The predicted octanol–water partition coefficient (Wildman–Crippen LogP) is 3.78. The fourth-order valence-electron chi connectivity index (χ4n) is 5.69. The number of benzene rings is 1. The lowest BCUT2D eigenvalue weighted by Gasteiger charge is -2.45. The van der Waals surface area contributed by atoms with Gasteiger partial charge in [0, 0.05) is 37.3 Å². The van der Waals surface area contributed by atoms with Crippen molar-refractivity contribution in [1.29, 1.82) is 0 Å². The maximum atomic E-state index is 12.8. The SMILES string of the molecule is CC1CN(Cc2ccc(C(=O)NC3C4CCCC3CC(N)C4)cc2)CC(C)O1.Cl.Cl. The van der Waals surface area contributed by atoms with Crippen LogP contribution in [0.1, 0.15) is 61.9 Å². The number of amides is 1. The third-order valence-electron chi connectivity index (χ3n) is 6.79. The molecule has 0 radical (unpaired) electrons. The Morgan fingerprint density at radius 2 is 1.63 bits per heavy atom. The van der Waals surface area contributed by atoms with E-state index < -0.39 is 0 Å². The monoisotopic (exact) mass is 457 g/mol. The first-order chi connectivity index (χ1) is 13.5. The Kier molecular flexibility index (Phi) is 9.44. The molecule has 1 saturated heterocycles. The molecule has 3 aliphatic rings. The molecule has 3 fully saturated rings. The van der Waals surface area contributed by atoms with Gasteiger partial charge in [0.25, 0.3) is 5.91 Å². The maximum Gasteiger partial charge on any atom is 0.251 e. The first-order valence-corrected chi connectivity index (χ1v) is 11.0. The zero-order chi connectivity index (χ0) is 19.7. The fourth-order valence-corrected chi connectivity index (χ4v) is 5.69. The molecule has 2 saturated carbocycles. The first kappa shape index (κ1) is 25.4. The Hall–Kier alpha value is -0.850. The Morgan fingerprint density at radius 3 is 2.20 bits per heavy atom. The lowest BCUT2D eigenvalue weighted by atomic mass is 9.67. The standard InChI is InChI=1S/C23H35N3O2.2ClH/c1-15-12-26(13-16(2)28-15)14-17-6-8-18(9-7-17)23(27)25-22-19-4-3-5-20(22)11-21(24)10-19;;/h6-9,15-16,19-22H,3-5,10-14,24H2,1-2H3,(H,25,27);2*1H. The van der Waals surface area contributed by atoms with Gasteiger partial charge in [0.2, 0.25) is 0 Å². The number of ether oxygens (including phenoxy) is 1. The van der Waals surface area contributed by atoms with E-state index in [1.807, 2.05) is 12.1 Å². The molecule has 0 aromatic heterocycles. The molecule has 3 N–H and O–H groups in total. The number of nitrogens with two attached hydrogens (primary N) is 1. The molecule has 4 rings (SSSR count). The summed E-state index contributed by atoms with van der Waals surface area (Å²) in [4.78, 5) is 15.3. The summed E-state index contributed by atoms with van der Waals surface area (Å²) in [7, 11) is 0. The lowest BCUT2D eigenvalue weighted by Crippen LogP contribution is -2.53. The summed E-state index contributed by atoms with van der Waals surface area (Å²) in [5.74, 6) is 1.17. The normalized spacial score (nSPS) is 33.7. The van der Waals surface area contributed by atoms with Gasteiger partial charge in [-0.3, -0.25) is 9.69 Å². The molecular formula is C23H37Cl2N3O2. The van der Waals surface area contributed by atoms with Gasteiger partial charge < -0.3 is 15.8 Å². The second-order valence-corrected chi connectivity index (χ2v) is 9.33. The molecule has 1 aliphatic heterocycles. The van der Waals surface area contributed by atoms with Crippen LogP contribution in [-0.2, 0) is 11.3 Å². The van der Waals surface area contributed by atoms with Crippen LogP contribution >= 0.6 is 24.8 Å². The summed E-state index contributed by atoms with van der Waals surface area (Å²) in [6.07, 6.45) is 6.33. The van der Waals surface area contributed by atoms with E-state index in [0.717, 1.165) is 38.0 Å². The smallest absolute Gasteiger partial charge is 0.251 e. The van der Waals surface area contributed by atoms with Crippen LogP contribution in [0.2, 0.25) is 0 Å². The van der Waals surface area contributed by atoms with Crippen LogP contribution in [0.3, 0.4) is 0 Å². The molecular weight excluding hydrogens is 421 g/mol.